The van der Waals surface area contributed by atoms with Gasteiger partial charge in [0.25, 0.3) is 0 Å². The lowest BCUT2D eigenvalue weighted by atomic mass is 10.1. The normalized spacial score (nSPS) is 7.91. The molecule has 1 unspecified atom stereocenters. The van der Waals surface area contributed by atoms with Gasteiger partial charge in [-0.05, 0) is 12.5 Å². The van der Waals surface area contributed by atoms with Crippen LogP contribution in [0.3, 0.4) is 0 Å². The molecule has 0 bridgehead atoms. The van der Waals surface area contributed by atoms with Gasteiger partial charge in [-0.1, -0.05) is 49.1 Å². The van der Waals surface area contributed by atoms with E-state index in [9.17, 15) is 0 Å². The lowest BCUT2D eigenvalue weighted by Crippen LogP contribution is -1.72. The lowest BCUT2D eigenvalue weighted by Gasteiger charge is -1.92. The molecule has 1 aromatic carbocycles. The van der Waals surface area contributed by atoms with Gasteiger partial charge in [0.15, 0.2) is 0 Å². The number of hydrogen-bond donors (Lipinski definition) is 0. The molecule has 0 heterocycles. The van der Waals surface area contributed by atoms with E-state index < -0.39 is 0 Å². The minimum Gasteiger partial charge on any atom is -0.141 e. The second-order valence-electron chi connectivity index (χ2n) is 2.12. The molecule has 0 aliphatic carbocycles. The third kappa shape index (κ3) is 3.95. The number of hydrogen-bond acceptors (Lipinski definition) is 0. The summed E-state index contributed by atoms with van der Waals surface area (Å²) in [5.74, 6) is 0. The molecule has 0 aliphatic rings. The van der Waals surface area contributed by atoms with E-state index in [1.165, 1.54) is 11.1 Å². The average Bonchev–Trinajstić information content (AvgIpc) is 2.08. The maximum absolute atomic E-state index is 3.67. The van der Waals surface area contributed by atoms with E-state index in [1.807, 2.05) is 24.9 Å². The van der Waals surface area contributed by atoms with Gasteiger partial charge in [-0.3, -0.25) is 0 Å². The zero-order valence-corrected chi connectivity index (χ0v) is 8.33. The van der Waals surface area contributed by atoms with Gasteiger partial charge < -0.3 is 0 Å². The van der Waals surface area contributed by atoms with Crippen LogP contribution in [0.5, 0.6) is 0 Å². The van der Waals surface area contributed by atoms with Crippen LogP contribution in [0.4, 0.5) is 0 Å². The number of benzene rings is 1. The smallest absolute Gasteiger partial charge is 0.0260 e. The van der Waals surface area contributed by atoms with Gasteiger partial charge in [0.1, 0.15) is 0 Å². The van der Waals surface area contributed by atoms with Gasteiger partial charge in [0, 0.05) is 0 Å². The van der Waals surface area contributed by atoms with Crippen molar-refractivity contribution in [2.75, 3.05) is 6.66 Å². The van der Waals surface area contributed by atoms with Gasteiger partial charge >= 0.3 is 0 Å². The topological polar surface area (TPSA) is 0 Å². The molecule has 1 aromatic rings. The summed E-state index contributed by atoms with van der Waals surface area (Å²) in [5, 5.41) is 0. The van der Waals surface area contributed by atoms with Crippen LogP contribution in [0.1, 0.15) is 11.1 Å². The SMILES string of the molecule is C=Cc1cccc(C)c1.CP. The first-order valence-electron chi connectivity index (χ1n) is 3.60. The molecule has 1 heteroatoms. The second-order valence-corrected chi connectivity index (χ2v) is 2.12. The third-order valence-electron chi connectivity index (χ3n) is 1.28. The van der Waals surface area contributed by atoms with E-state index in [4.69, 9.17) is 0 Å². The first kappa shape index (κ1) is 10.4. The molecule has 11 heavy (non-hydrogen) atoms. The average molecular weight is 166 g/mol. The van der Waals surface area contributed by atoms with Crippen molar-refractivity contribution >= 4 is 15.3 Å². The van der Waals surface area contributed by atoms with Crippen LogP contribution < -0.4 is 0 Å². The molecular weight excluding hydrogens is 151 g/mol. The molecule has 0 radical (unpaired) electrons. The van der Waals surface area contributed by atoms with Gasteiger partial charge in [-0.2, -0.15) is 0 Å². The lowest BCUT2D eigenvalue weighted by molar-refractivity contribution is 1.46. The third-order valence-corrected chi connectivity index (χ3v) is 1.28. The zero-order chi connectivity index (χ0) is 8.69. The van der Waals surface area contributed by atoms with Crippen molar-refractivity contribution in [1.29, 1.82) is 0 Å². The number of rotatable bonds is 1. The van der Waals surface area contributed by atoms with Crippen LogP contribution in [0.2, 0.25) is 0 Å². The van der Waals surface area contributed by atoms with Crippen LogP contribution in [0.25, 0.3) is 6.08 Å². The van der Waals surface area contributed by atoms with E-state index in [-0.39, 0.29) is 0 Å². The van der Waals surface area contributed by atoms with Crippen molar-refractivity contribution in [2.24, 2.45) is 0 Å². The highest BCUT2D eigenvalue weighted by Crippen LogP contribution is 2.03. The minimum absolute atomic E-state index is 1.19. The predicted molar refractivity (Wildman–Crippen MR) is 56.9 cm³/mol. The number of aryl methyl sites for hydroxylation is 1. The van der Waals surface area contributed by atoms with Gasteiger partial charge in [-0.25, -0.2) is 0 Å². The molecule has 0 saturated heterocycles. The fraction of sp³-hybridized carbons (Fsp3) is 0.200. The molecule has 0 aliphatic heterocycles. The summed E-state index contributed by atoms with van der Waals surface area (Å²) in [6.45, 7) is 7.67. The summed E-state index contributed by atoms with van der Waals surface area (Å²) >= 11 is 0. The van der Waals surface area contributed by atoms with Crippen molar-refractivity contribution in [2.45, 2.75) is 6.92 Å². The Morgan fingerprint density at radius 2 is 2.00 bits per heavy atom. The Morgan fingerprint density at radius 1 is 1.36 bits per heavy atom. The molecule has 1 rings (SSSR count). The largest absolute Gasteiger partial charge is 0.141 e. The molecule has 0 saturated carbocycles. The monoisotopic (exact) mass is 166 g/mol. The summed E-state index contributed by atoms with van der Waals surface area (Å²) in [6, 6.07) is 8.26. The Hall–Kier alpha value is -0.610. The van der Waals surface area contributed by atoms with Crippen LogP contribution in [0, 0.1) is 6.92 Å². The Morgan fingerprint density at radius 3 is 2.36 bits per heavy atom. The summed E-state index contributed by atoms with van der Waals surface area (Å²) in [4.78, 5) is 0. The van der Waals surface area contributed by atoms with Crippen molar-refractivity contribution < 1.29 is 0 Å². The first-order chi connectivity index (χ1) is 5.33. The van der Waals surface area contributed by atoms with Crippen LogP contribution in [0.15, 0.2) is 30.8 Å². The summed E-state index contributed by atoms with van der Waals surface area (Å²) in [6.07, 6.45) is 1.85. The standard InChI is InChI=1S/C9H10.CH5P/c1-3-9-6-4-5-8(2)7-9;1-2/h3-7H,1H2,2H3;2H2,1H3. The highest BCUT2D eigenvalue weighted by Gasteiger charge is 1.83. The molecule has 0 aromatic heterocycles. The van der Waals surface area contributed by atoms with E-state index in [0.717, 1.165) is 0 Å². The van der Waals surface area contributed by atoms with E-state index >= 15 is 0 Å². The molecule has 60 valence electrons. The minimum atomic E-state index is 1.19. The Kier molecular flexibility index (Phi) is 5.78. The van der Waals surface area contributed by atoms with E-state index in [2.05, 4.69) is 34.9 Å². The highest BCUT2D eigenvalue weighted by atomic mass is 31.0. The van der Waals surface area contributed by atoms with Crippen molar-refractivity contribution in [3.05, 3.63) is 42.0 Å². The quantitative estimate of drug-likeness (QED) is 0.562. The Balaban J connectivity index is 0.000000461. The fourth-order valence-corrected chi connectivity index (χ4v) is 0.797. The molecule has 0 nitrogen and oxygen atoms in total. The van der Waals surface area contributed by atoms with Crippen LogP contribution >= 0.6 is 9.24 Å². The van der Waals surface area contributed by atoms with Crippen molar-refractivity contribution in [3.8, 4) is 0 Å². The van der Waals surface area contributed by atoms with Crippen LogP contribution in [-0.4, -0.2) is 6.66 Å². The Bertz CT molecular complexity index is 216. The molecule has 0 amide bonds. The fourth-order valence-electron chi connectivity index (χ4n) is 0.797. The predicted octanol–water partition coefficient (Wildman–Crippen LogP) is 3.13. The maximum Gasteiger partial charge on any atom is -0.0260 e. The molecule has 1 atom stereocenters. The molecule has 0 N–H and O–H groups in total. The summed E-state index contributed by atoms with van der Waals surface area (Å²) in [7, 11) is 2.42. The molecular formula is C10H15P. The van der Waals surface area contributed by atoms with Gasteiger partial charge in [0.2, 0.25) is 0 Å². The van der Waals surface area contributed by atoms with E-state index in [1.54, 1.807) is 0 Å². The second kappa shape index (κ2) is 6.12. The zero-order valence-electron chi connectivity index (χ0n) is 7.17. The van der Waals surface area contributed by atoms with Crippen molar-refractivity contribution in [3.63, 3.8) is 0 Å². The highest BCUT2D eigenvalue weighted by molar-refractivity contribution is 7.15. The van der Waals surface area contributed by atoms with Crippen molar-refractivity contribution in [1.82, 2.24) is 0 Å². The Labute approximate surface area is 71.5 Å². The van der Waals surface area contributed by atoms with Gasteiger partial charge in [0.05, 0.1) is 0 Å². The first-order valence-corrected chi connectivity index (χ1v) is 4.75. The molecule has 0 spiro atoms. The maximum atomic E-state index is 3.67. The van der Waals surface area contributed by atoms with Gasteiger partial charge in [-0.15, -0.1) is 9.24 Å². The summed E-state index contributed by atoms with van der Waals surface area (Å²) < 4.78 is 0. The van der Waals surface area contributed by atoms with Crippen LogP contribution in [-0.2, 0) is 0 Å². The van der Waals surface area contributed by atoms with E-state index in [0.29, 0.717) is 0 Å². The molecule has 0 fully saturated rings. The summed E-state index contributed by atoms with van der Waals surface area (Å²) in [5.41, 5.74) is 2.47.